The molecule has 2 heterocycles. The van der Waals surface area contributed by atoms with E-state index in [9.17, 15) is 0 Å². The summed E-state index contributed by atoms with van der Waals surface area (Å²) < 4.78 is 12.4. The van der Waals surface area contributed by atoms with Gasteiger partial charge in [-0.05, 0) is 51.7 Å². The Bertz CT molecular complexity index is 476. The minimum atomic E-state index is -0.128. The Balaban J connectivity index is 2.17. The van der Waals surface area contributed by atoms with E-state index in [4.69, 9.17) is 9.47 Å². The molecule has 2 aliphatic heterocycles. The topological polar surface area (TPSA) is 18.5 Å². The molecule has 2 nitrogen and oxygen atoms in total. The van der Waals surface area contributed by atoms with Gasteiger partial charge in [-0.3, -0.25) is 0 Å². The van der Waals surface area contributed by atoms with Gasteiger partial charge in [0.25, 0.3) is 0 Å². The lowest BCUT2D eigenvalue weighted by atomic mass is 9.75. The third kappa shape index (κ3) is 1.66. The molecule has 0 radical (unpaired) electrons. The van der Waals surface area contributed by atoms with E-state index in [-0.39, 0.29) is 11.7 Å². The second kappa shape index (κ2) is 3.99. The Morgan fingerprint density at radius 2 is 1.89 bits per heavy atom. The second-order valence-electron chi connectivity index (χ2n) is 6.19. The van der Waals surface area contributed by atoms with Crippen molar-refractivity contribution >= 4 is 0 Å². The van der Waals surface area contributed by atoms with Gasteiger partial charge in [0.05, 0.1) is 6.10 Å². The highest BCUT2D eigenvalue weighted by Crippen LogP contribution is 2.51. The highest BCUT2D eigenvalue weighted by Gasteiger charge is 2.46. The predicted molar refractivity (Wildman–Crippen MR) is 72.0 cm³/mol. The van der Waals surface area contributed by atoms with Crippen LogP contribution in [0.25, 0.3) is 0 Å². The Hall–Kier alpha value is -1.02. The van der Waals surface area contributed by atoms with Gasteiger partial charge >= 0.3 is 0 Å². The van der Waals surface area contributed by atoms with E-state index in [0.717, 1.165) is 18.8 Å². The van der Waals surface area contributed by atoms with Crippen molar-refractivity contribution in [2.75, 3.05) is 6.61 Å². The first-order valence-corrected chi connectivity index (χ1v) is 6.91. The number of hydrogen-bond acceptors (Lipinski definition) is 2. The van der Waals surface area contributed by atoms with E-state index >= 15 is 0 Å². The van der Waals surface area contributed by atoms with E-state index in [1.807, 2.05) is 0 Å². The first kappa shape index (κ1) is 12.0. The Kier molecular flexibility index (Phi) is 2.67. The van der Waals surface area contributed by atoms with E-state index in [2.05, 4.69) is 39.8 Å². The number of hydrogen-bond donors (Lipinski definition) is 0. The Morgan fingerprint density at radius 1 is 1.17 bits per heavy atom. The van der Waals surface area contributed by atoms with Crippen molar-refractivity contribution in [2.45, 2.75) is 52.2 Å². The molecule has 3 rings (SSSR count). The summed E-state index contributed by atoms with van der Waals surface area (Å²) in [5.74, 6) is 1.53. The molecule has 98 valence electrons. The molecule has 0 unspecified atom stereocenters. The molecule has 0 N–H and O–H groups in total. The van der Waals surface area contributed by atoms with Crippen molar-refractivity contribution in [3.05, 3.63) is 28.8 Å². The number of rotatable bonds is 0. The maximum Gasteiger partial charge on any atom is 0.129 e. The number of fused-ring (bicyclic) bond motifs is 3. The van der Waals surface area contributed by atoms with Crippen LogP contribution in [0.15, 0.2) is 12.1 Å². The van der Waals surface area contributed by atoms with Crippen LogP contribution in [0.1, 0.15) is 49.5 Å². The van der Waals surface area contributed by atoms with Crippen molar-refractivity contribution in [3.8, 4) is 5.75 Å². The summed E-state index contributed by atoms with van der Waals surface area (Å²) in [5, 5.41) is 0. The van der Waals surface area contributed by atoms with Gasteiger partial charge in [-0.25, -0.2) is 0 Å². The van der Waals surface area contributed by atoms with Crippen LogP contribution in [0.4, 0.5) is 0 Å². The van der Waals surface area contributed by atoms with Crippen LogP contribution < -0.4 is 4.74 Å². The van der Waals surface area contributed by atoms with Crippen LogP contribution in [0.3, 0.4) is 0 Å². The van der Waals surface area contributed by atoms with E-state index in [1.54, 1.807) is 0 Å². The fourth-order valence-corrected chi connectivity index (χ4v) is 3.41. The zero-order chi connectivity index (χ0) is 12.9. The van der Waals surface area contributed by atoms with Gasteiger partial charge in [-0.1, -0.05) is 12.1 Å². The Labute approximate surface area is 109 Å². The van der Waals surface area contributed by atoms with E-state index in [0.29, 0.717) is 5.92 Å². The maximum atomic E-state index is 6.32. The molecule has 0 aliphatic carbocycles. The molecule has 1 aromatic rings. The van der Waals surface area contributed by atoms with Crippen molar-refractivity contribution < 1.29 is 9.47 Å². The molecule has 0 saturated carbocycles. The SMILES string of the molecule is Cc1ccc(C)c2c1OC(C)(C)[C@@H]1CCCO[C@@H]21. The van der Waals surface area contributed by atoms with Crippen LogP contribution in [0, 0.1) is 19.8 Å². The molecule has 2 atom stereocenters. The average Bonchev–Trinajstić information content (AvgIpc) is 2.34. The average molecular weight is 246 g/mol. The molecule has 1 aromatic carbocycles. The molecule has 0 amide bonds. The summed E-state index contributed by atoms with van der Waals surface area (Å²) in [6.07, 6.45) is 2.57. The summed E-state index contributed by atoms with van der Waals surface area (Å²) in [7, 11) is 0. The number of ether oxygens (including phenoxy) is 2. The number of aryl methyl sites for hydroxylation is 2. The van der Waals surface area contributed by atoms with Crippen molar-refractivity contribution in [2.24, 2.45) is 5.92 Å². The summed E-state index contributed by atoms with van der Waals surface area (Å²) in [4.78, 5) is 0. The van der Waals surface area contributed by atoms with Crippen LogP contribution >= 0.6 is 0 Å². The summed E-state index contributed by atoms with van der Waals surface area (Å²) in [5.41, 5.74) is 3.68. The standard InChI is InChI=1S/C16H22O2/c1-10-7-8-11(2)14-13(10)15-12(6-5-9-17-15)16(3,4)18-14/h7-8,12,15H,5-6,9H2,1-4H3/t12-,15-/m1/s1. The summed E-state index contributed by atoms with van der Waals surface area (Å²) in [6.45, 7) is 9.56. The Morgan fingerprint density at radius 3 is 2.67 bits per heavy atom. The summed E-state index contributed by atoms with van der Waals surface area (Å²) >= 11 is 0. The van der Waals surface area contributed by atoms with Gasteiger partial charge in [0, 0.05) is 18.1 Å². The molecule has 0 aromatic heterocycles. The van der Waals surface area contributed by atoms with Gasteiger partial charge in [0.15, 0.2) is 0 Å². The predicted octanol–water partition coefficient (Wildman–Crippen LogP) is 3.94. The molecular formula is C16H22O2. The molecule has 2 aliphatic rings. The van der Waals surface area contributed by atoms with Gasteiger partial charge in [-0.15, -0.1) is 0 Å². The van der Waals surface area contributed by atoms with Gasteiger partial charge in [0.2, 0.25) is 0 Å². The molecule has 2 heteroatoms. The van der Waals surface area contributed by atoms with Crippen LogP contribution in [-0.2, 0) is 4.74 Å². The normalized spacial score (nSPS) is 29.1. The van der Waals surface area contributed by atoms with Crippen LogP contribution in [0.5, 0.6) is 5.75 Å². The van der Waals surface area contributed by atoms with E-state index < -0.39 is 0 Å². The maximum absolute atomic E-state index is 6.32. The van der Waals surface area contributed by atoms with Crippen LogP contribution in [0.2, 0.25) is 0 Å². The fourth-order valence-electron chi connectivity index (χ4n) is 3.41. The molecule has 0 spiro atoms. The third-order valence-electron chi connectivity index (χ3n) is 4.48. The molecule has 1 saturated heterocycles. The van der Waals surface area contributed by atoms with Crippen molar-refractivity contribution in [3.63, 3.8) is 0 Å². The largest absolute Gasteiger partial charge is 0.487 e. The smallest absolute Gasteiger partial charge is 0.129 e. The minimum absolute atomic E-state index is 0.128. The van der Waals surface area contributed by atoms with Crippen molar-refractivity contribution in [1.82, 2.24) is 0 Å². The van der Waals surface area contributed by atoms with Gasteiger partial charge in [0.1, 0.15) is 11.4 Å². The summed E-state index contributed by atoms with van der Waals surface area (Å²) in [6, 6.07) is 4.33. The zero-order valence-electron chi connectivity index (χ0n) is 11.7. The third-order valence-corrected chi connectivity index (χ3v) is 4.48. The lowest BCUT2D eigenvalue weighted by Gasteiger charge is -2.47. The van der Waals surface area contributed by atoms with Gasteiger partial charge < -0.3 is 9.47 Å². The minimum Gasteiger partial charge on any atom is -0.487 e. The molecular weight excluding hydrogens is 224 g/mol. The second-order valence-corrected chi connectivity index (χ2v) is 6.19. The monoisotopic (exact) mass is 246 g/mol. The van der Waals surface area contributed by atoms with E-state index in [1.165, 1.54) is 23.1 Å². The fraction of sp³-hybridized carbons (Fsp3) is 0.625. The zero-order valence-corrected chi connectivity index (χ0v) is 11.7. The first-order valence-electron chi connectivity index (χ1n) is 6.91. The molecule has 18 heavy (non-hydrogen) atoms. The molecule has 1 fully saturated rings. The van der Waals surface area contributed by atoms with Crippen LogP contribution in [-0.4, -0.2) is 12.2 Å². The first-order chi connectivity index (χ1) is 8.50. The number of benzene rings is 1. The van der Waals surface area contributed by atoms with Crippen molar-refractivity contribution in [1.29, 1.82) is 0 Å². The highest BCUT2D eigenvalue weighted by atomic mass is 16.5. The quantitative estimate of drug-likeness (QED) is 0.690. The van der Waals surface area contributed by atoms with Gasteiger partial charge in [-0.2, -0.15) is 0 Å². The molecule has 0 bridgehead atoms. The highest BCUT2D eigenvalue weighted by molar-refractivity contribution is 5.49. The lowest BCUT2D eigenvalue weighted by molar-refractivity contribution is -0.117. The lowest BCUT2D eigenvalue weighted by Crippen LogP contribution is -2.47.